The summed E-state index contributed by atoms with van der Waals surface area (Å²) >= 11 is 0. The van der Waals surface area contributed by atoms with Gasteiger partial charge in [-0.05, 0) is 42.3 Å². The first-order chi connectivity index (χ1) is 12.8. The van der Waals surface area contributed by atoms with E-state index in [0.29, 0.717) is 24.9 Å². The van der Waals surface area contributed by atoms with E-state index in [4.69, 9.17) is 9.47 Å². The Morgan fingerprint density at radius 1 is 1.15 bits per heavy atom. The zero-order valence-corrected chi connectivity index (χ0v) is 14.7. The molecular formula is C20H20N4O2. The summed E-state index contributed by atoms with van der Waals surface area (Å²) in [4.78, 5) is 11.2. The van der Waals surface area contributed by atoms with E-state index >= 15 is 0 Å². The Morgan fingerprint density at radius 3 is 3.04 bits per heavy atom. The molecular weight excluding hydrogens is 328 g/mol. The maximum atomic E-state index is 5.83. The summed E-state index contributed by atoms with van der Waals surface area (Å²) < 4.78 is 11.1. The van der Waals surface area contributed by atoms with Gasteiger partial charge in [-0.1, -0.05) is 6.07 Å². The third-order valence-electron chi connectivity index (χ3n) is 5.10. The maximum absolute atomic E-state index is 5.83. The lowest BCUT2D eigenvalue weighted by Gasteiger charge is -2.32. The summed E-state index contributed by atoms with van der Waals surface area (Å²) in [5.41, 5.74) is 6.81. The van der Waals surface area contributed by atoms with E-state index in [1.54, 1.807) is 7.11 Å². The van der Waals surface area contributed by atoms with Crippen LogP contribution >= 0.6 is 0 Å². The molecule has 6 heteroatoms. The summed E-state index contributed by atoms with van der Waals surface area (Å²) in [7, 11) is 1.62. The lowest BCUT2D eigenvalue weighted by molar-refractivity contribution is 0.117. The smallest absolute Gasteiger partial charge is 0.215 e. The van der Waals surface area contributed by atoms with E-state index in [1.165, 1.54) is 11.1 Å². The van der Waals surface area contributed by atoms with E-state index in [-0.39, 0.29) is 0 Å². The summed E-state index contributed by atoms with van der Waals surface area (Å²) in [5.74, 6) is 0.573. The van der Waals surface area contributed by atoms with Crippen molar-refractivity contribution in [3.05, 3.63) is 53.2 Å². The molecule has 0 fully saturated rings. The number of fused-ring (bicyclic) bond motifs is 4. The molecule has 0 radical (unpaired) electrons. The van der Waals surface area contributed by atoms with Crippen molar-refractivity contribution in [2.45, 2.75) is 19.6 Å². The van der Waals surface area contributed by atoms with Gasteiger partial charge in [0.05, 0.1) is 19.4 Å². The lowest BCUT2D eigenvalue weighted by atomic mass is 9.99. The van der Waals surface area contributed by atoms with Crippen molar-refractivity contribution >= 4 is 22.4 Å². The summed E-state index contributed by atoms with van der Waals surface area (Å²) in [6.45, 7) is 3.05. The third kappa shape index (κ3) is 2.50. The number of nitrogens with one attached hydrogen (secondary N) is 1. The van der Waals surface area contributed by atoms with Crippen LogP contribution in [0.2, 0.25) is 0 Å². The number of anilines is 2. The molecule has 1 N–H and O–H groups in total. The van der Waals surface area contributed by atoms with Gasteiger partial charge in [0.15, 0.2) is 5.65 Å². The number of aromatic nitrogens is 2. The van der Waals surface area contributed by atoms with Gasteiger partial charge in [0.25, 0.3) is 0 Å². The Labute approximate surface area is 151 Å². The van der Waals surface area contributed by atoms with Gasteiger partial charge in [-0.3, -0.25) is 0 Å². The van der Waals surface area contributed by atoms with Crippen LogP contribution < -0.4 is 15.0 Å². The second kappa shape index (κ2) is 6.23. The van der Waals surface area contributed by atoms with Gasteiger partial charge in [-0.2, -0.15) is 4.98 Å². The number of hydrogen-bond donors (Lipinski definition) is 1. The molecule has 0 bridgehead atoms. The number of pyridine rings is 2. The van der Waals surface area contributed by atoms with Crippen molar-refractivity contribution in [3.8, 4) is 5.88 Å². The van der Waals surface area contributed by atoms with Gasteiger partial charge in [-0.25, -0.2) is 4.98 Å². The first-order valence-corrected chi connectivity index (χ1v) is 8.84. The number of methoxy groups -OCH3 is 1. The molecule has 0 saturated carbocycles. The second-order valence-corrected chi connectivity index (χ2v) is 6.64. The SMILES string of the molecule is COc1ccc2c3c(cnc2n1)COCN3c1ccc2c(c1)CNCC2. The third-order valence-corrected chi connectivity index (χ3v) is 5.10. The van der Waals surface area contributed by atoms with Crippen LogP contribution in [0.5, 0.6) is 5.88 Å². The zero-order chi connectivity index (χ0) is 17.5. The molecule has 0 spiro atoms. The molecule has 0 aliphatic carbocycles. The van der Waals surface area contributed by atoms with Gasteiger partial charge in [0, 0.05) is 35.4 Å². The van der Waals surface area contributed by atoms with Gasteiger partial charge >= 0.3 is 0 Å². The first-order valence-electron chi connectivity index (χ1n) is 8.84. The highest BCUT2D eigenvalue weighted by Gasteiger charge is 2.23. The Kier molecular flexibility index (Phi) is 3.72. The summed E-state index contributed by atoms with van der Waals surface area (Å²) in [5, 5.41) is 4.47. The topological polar surface area (TPSA) is 59.5 Å². The summed E-state index contributed by atoms with van der Waals surface area (Å²) in [6, 6.07) is 10.6. The number of hydrogen-bond acceptors (Lipinski definition) is 6. The van der Waals surface area contributed by atoms with Gasteiger partial charge in [-0.15, -0.1) is 0 Å². The number of ether oxygens (including phenoxy) is 2. The Morgan fingerprint density at radius 2 is 2.12 bits per heavy atom. The quantitative estimate of drug-likeness (QED) is 0.768. The van der Waals surface area contributed by atoms with Crippen LogP contribution in [0.15, 0.2) is 36.5 Å². The fraction of sp³-hybridized carbons (Fsp3) is 0.300. The highest BCUT2D eigenvalue weighted by atomic mass is 16.5. The monoisotopic (exact) mass is 348 g/mol. The zero-order valence-electron chi connectivity index (χ0n) is 14.7. The Hall–Kier alpha value is -2.70. The second-order valence-electron chi connectivity index (χ2n) is 6.64. The summed E-state index contributed by atoms with van der Waals surface area (Å²) in [6.07, 6.45) is 2.94. The van der Waals surface area contributed by atoms with Gasteiger partial charge in [0.1, 0.15) is 6.73 Å². The van der Waals surface area contributed by atoms with Gasteiger partial charge < -0.3 is 19.7 Å². The molecule has 6 nitrogen and oxygen atoms in total. The molecule has 0 amide bonds. The highest BCUT2D eigenvalue weighted by molar-refractivity contribution is 5.94. The lowest BCUT2D eigenvalue weighted by Crippen LogP contribution is -2.28. The van der Waals surface area contributed by atoms with Crippen molar-refractivity contribution in [1.82, 2.24) is 15.3 Å². The molecule has 26 heavy (non-hydrogen) atoms. The maximum Gasteiger partial charge on any atom is 0.215 e. The van der Waals surface area contributed by atoms with Gasteiger partial charge in [0.2, 0.25) is 5.88 Å². The van der Waals surface area contributed by atoms with Crippen LogP contribution in [-0.4, -0.2) is 30.4 Å². The standard InChI is InChI=1S/C20H20N4O2/c1-25-18-5-4-17-19-15(10-22-20(17)23-18)11-26-12-24(19)16-3-2-13-6-7-21-9-14(13)8-16/h2-5,8,10,21H,6-7,9,11-12H2,1H3. The van der Waals surface area contributed by atoms with E-state index in [1.807, 2.05) is 18.3 Å². The van der Waals surface area contributed by atoms with Crippen LogP contribution in [-0.2, 0) is 24.3 Å². The fourth-order valence-electron chi connectivity index (χ4n) is 3.78. The molecule has 5 rings (SSSR count). The fourth-order valence-corrected chi connectivity index (χ4v) is 3.78. The average molecular weight is 348 g/mol. The molecule has 1 aromatic carbocycles. The number of rotatable bonds is 2. The minimum atomic E-state index is 0.518. The van der Waals surface area contributed by atoms with Crippen LogP contribution in [0.25, 0.3) is 11.0 Å². The van der Waals surface area contributed by atoms with Crippen molar-refractivity contribution in [2.75, 3.05) is 25.3 Å². The molecule has 0 unspecified atom stereocenters. The molecule has 0 atom stereocenters. The minimum absolute atomic E-state index is 0.518. The Balaban J connectivity index is 1.66. The molecule has 0 saturated heterocycles. The minimum Gasteiger partial charge on any atom is -0.481 e. The van der Waals surface area contributed by atoms with Crippen molar-refractivity contribution in [3.63, 3.8) is 0 Å². The van der Waals surface area contributed by atoms with Crippen molar-refractivity contribution in [2.24, 2.45) is 0 Å². The normalized spacial score (nSPS) is 16.3. The number of benzene rings is 1. The molecule has 2 aliphatic heterocycles. The van der Waals surface area contributed by atoms with Crippen LogP contribution in [0, 0.1) is 0 Å². The number of nitrogens with zero attached hydrogens (tertiary/aromatic N) is 3. The molecule has 2 aromatic heterocycles. The molecule has 2 aliphatic rings. The van der Waals surface area contributed by atoms with E-state index < -0.39 is 0 Å². The largest absolute Gasteiger partial charge is 0.481 e. The van der Waals surface area contributed by atoms with Crippen molar-refractivity contribution in [1.29, 1.82) is 0 Å². The first kappa shape index (κ1) is 15.5. The molecule has 132 valence electrons. The predicted molar refractivity (Wildman–Crippen MR) is 99.7 cm³/mol. The Bertz CT molecular complexity index is 989. The van der Waals surface area contributed by atoms with E-state index in [2.05, 4.69) is 38.4 Å². The van der Waals surface area contributed by atoms with Crippen LogP contribution in [0.1, 0.15) is 16.7 Å². The van der Waals surface area contributed by atoms with Crippen LogP contribution in [0.3, 0.4) is 0 Å². The van der Waals surface area contributed by atoms with Crippen molar-refractivity contribution < 1.29 is 9.47 Å². The van der Waals surface area contributed by atoms with E-state index in [0.717, 1.165) is 41.8 Å². The average Bonchev–Trinajstić information content (AvgIpc) is 2.72. The van der Waals surface area contributed by atoms with E-state index in [9.17, 15) is 0 Å². The predicted octanol–water partition coefficient (Wildman–Crippen LogP) is 2.91. The highest BCUT2D eigenvalue weighted by Crippen LogP contribution is 2.38. The molecule has 4 heterocycles. The molecule has 3 aromatic rings. The van der Waals surface area contributed by atoms with Crippen LogP contribution in [0.4, 0.5) is 11.4 Å².